The monoisotopic (exact) mass is 319 g/mol. The van der Waals surface area contributed by atoms with Crippen LogP contribution >= 0.6 is 11.6 Å². The zero-order chi connectivity index (χ0) is 15.9. The number of phenols is 1. The van der Waals surface area contributed by atoms with Crippen LogP contribution in [0.1, 0.15) is 30.0 Å². The first-order valence-corrected chi connectivity index (χ1v) is 7.85. The average Bonchev–Trinajstić information content (AvgIpc) is 2.53. The van der Waals surface area contributed by atoms with Gasteiger partial charge in [0.15, 0.2) is 0 Å². The highest BCUT2D eigenvalue weighted by atomic mass is 35.5. The number of aliphatic hydroxyl groups excluding tert-OH is 1. The summed E-state index contributed by atoms with van der Waals surface area (Å²) in [7, 11) is 0. The van der Waals surface area contributed by atoms with E-state index in [1.807, 2.05) is 36.4 Å². The maximum atomic E-state index is 9.56. The third kappa shape index (κ3) is 5.02. The molecular formula is C18H22ClNO2. The van der Waals surface area contributed by atoms with E-state index in [2.05, 4.69) is 12.2 Å². The third-order valence-electron chi connectivity index (χ3n) is 3.75. The van der Waals surface area contributed by atoms with Gasteiger partial charge in [-0.3, -0.25) is 0 Å². The maximum Gasteiger partial charge on any atom is 0.121 e. The van der Waals surface area contributed by atoms with Crippen molar-refractivity contribution in [1.29, 1.82) is 0 Å². The van der Waals surface area contributed by atoms with Crippen molar-refractivity contribution in [3.63, 3.8) is 0 Å². The van der Waals surface area contributed by atoms with Gasteiger partial charge >= 0.3 is 0 Å². The lowest BCUT2D eigenvalue weighted by Gasteiger charge is -2.14. The average molecular weight is 320 g/mol. The number of rotatable bonds is 7. The van der Waals surface area contributed by atoms with Crippen molar-refractivity contribution >= 4 is 11.6 Å². The summed E-state index contributed by atoms with van der Waals surface area (Å²) >= 11 is 5.87. The summed E-state index contributed by atoms with van der Waals surface area (Å²) in [6.45, 7) is 2.84. The number of hydrogen-bond donors (Lipinski definition) is 3. The van der Waals surface area contributed by atoms with E-state index in [9.17, 15) is 5.11 Å². The maximum absolute atomic E-state index is 9.56. The van der Waals surface area contributed by atoms with Gasteiger partial charge < -0.3 is 15.5 Å². The van der Waals surface area contributed by atoms with Gasteiger partial charge in [0.05, 0.1) is 6.61 Å². The summed E-state index contributed by atoms with van der Waals surface area (Å²) < 4.78 is 0. The van der Waals surface area contributed by atoms with Gasteiger partial charge in [-0.05, 0) is 55.2 Å². The molecule has 2 aromatic carbocycles. The van der Waals surface area contributed by atoms with E-state index < -0.39 is 0 Å². The normalized spacial score (nSPS) is 12.3. The Hall–Kier alpha value is -1.55. The Morgan fingerprint density at radius 1 is 1.09 bits per heavy atom. The van der Waals surface area contributed by atoms with Crippen molar-refractivity contribution in [2.75, 3.05) is 0 Å². The minimum absolute atomic E-state index is 0.135. The van der Waals surface area contributed by atoms with E-state index in [4.69, 9.17) is 16.7 Å². The van der Waals surface area contributed by atoms with Crippen molar-refractivity contribution in [2.24, 2.45) is 0 Å². The molecule has 0 saturated carbocycles. The number of benzene rings is 2. The van der Waals surface area contributed by atoms with Crippen LogP contribution in [-0.2, 0) is 19.6 Å². The highest BCUT2D eigenvalue weighted by molar-refractivity contribution is 6.30. The molecule has 0 amide bonds. The van der Waals surface area contributed by atoms with Gasteiger partial charge in [-0.2, -0.15) is 0 Å². The molecule has 0 aliphatic rings. The van der Waals surface area contributed by atoms with Gasteiger partial charge in [0.25, 0.3) is 0 Å². The highest BCUT2D eigenvalue weighted by Gasteiger charge is 2.05. The second-order valence-corrected chi connectivity index (χ2v) is 6.00. The summed E-state index contributed by atoms with van der Waals surface area (Å²) in [5, 5.41) is 23.0. The molecule has 1 atom stereocenters. The van der Waals surface area contributed by atoms with E-state index >= 15 is 0 Å². The Kier molecular flexibility index (Phi) is 6.25. The second kappa shape index (κ2) is 8.18. The predicted molar refractivity (Wildman–Crippen MR) is 90.1 cm³/mol. The number of nitrogens with one attached hydrogen (secondary N) is 1. The number of halogens is 1. The van der Waals surface area contributed by atoms with Crippen molar-refractivity contribution in [3.05, 3.63) is 64.2 Å². The smallest absolute Gasteiger partial charge is 0.121 e. The lowest BCUT2D eigenvalue weighted by molar-refractivity contribution is 0.275. The number of hydrogen-bond acceptors (Lipinski definition) is 3. The van der Waals surface area contributed by atoms with Gasteiger partial charge in [0.1, 0.15) is 5.75 Å². The number of aromatic hydroxyl groups is 1. The van der Waals surface area contributed by atoms with E-state index in [1.54, 1.807) is 6.07 Å². The Bertz CT molecular complexity index is 599. The molecule has 0 aliphatic carbocycles. The molecule has 0 spiro atoms. The van der Waals surface area contributed by atoms with Crippen LogP contribution in [0.5, 0.6) is 5.75 Å². The van der Waals surface area contributed by atoms with E-state index in [-0.39, 0.29) is 12.4 Å². The van der Waals surface area contributed by atoms with Crippen LogP contribution in [0.2, 0.25) is 5.02 Å². The SMILES string of the molecule is CC(CCc1ccc(O)c(CO)c1)NCc1ccc(Cl)cc1. The zero-order valence-electron chi connectivity index (χ0n) is 12.7. The summed E-state index contributed by atoms with van der Waals surface area (Å²) in [6.07, 6.45) is 1.89. The van der Waals surface area contributed by atoms with Crippen molar-refractivity contribution in [1.82, 2.24) is 5.32 Å². The minimum Gasteiger partial charge on any atom is -0.508 e. The Morgan fingerprint density at radius 3 is 2.45 bits per heavy atom. The first-order valence-electron chi connectivity index (χ1n) is 7.48. The fraction of sp³-hybridized carbons (Fsp3) is 0.333. The molecule has 0 aromatic heterocycles. The quantitative estimate of drug-likeness (QED) is 0.730. The molecule has 3 N–H and O–H groups in total. The second-order valence-electron chi connectivity index (χ2n) is 5.57. The van der Waals surface area contributed by atoms with Gasteiger partial charge in [-0.15, -0.1) is 0 Å². The first-order chi connectivity index (χ1) is 10.6. The van der Waals surface area contributed by atoms with E-state index in [0.717, 1.165) is 30.0 Å². The van der Waals surface area contributed by atoms with Crippen LogP contribution in [0.15, 0.2) is 42.5 Å². The summed E-state index contributed by atoms with van der Waals surface area (Å²) in [6, 6.07) is 13.6. The summed E-state index contributed by atoms with van der Waals surface area (Å²) in [5.74, 6) is 0.153. The van der Waals surface area contributed by atoms with E-state index in [1.165, 1.54) is 5.56 Å². The van der Waals surface area contributed by atoms with Crippen LogP contribution in [0.4, 0.5) is 0 Å². The molecule has 1 unspecified atom stereocenters. The van der Waals surface area contributed by atoms with Crippen molar-refractivity contribution in [2.45, 2.75) is 39.0 Å². The molecule has 0 bridgehead atoms. The van der Waals surface area contributed by atoms with Crippen molar-refractivity contribution < 1.29 is 10.2 Å². The lowest BCUT2D eigenvalue weighted by atomic mass is 10.0. The van der Waals surface area contributed by atoms with Crippen molar-refractivity contribution in [3.8, 4) is 5.75 Å². The third-order valence-corrected chi connectivity index (χ3v) is 4.00. The van der Waals surface area contributed by atoms with Crippen LogP contribution < -0.4 is 5.32 Å². The molecule has 2 aromatic rings. The molecule has 2 rings (SSSR count). The molecule has 0 fully saturated rings. The lowest BCUT2D eigenvalue weighted by Crippen LogP contribution is -2.25. The van der Waals surface area contributed by atoms with Crippen LogP contribution in [0.3, 0.4) is 0 Å². The molecule has 0 saturated heterocycles. The summed E-state index contributed by atoms with van der Waals surface area (Å²) in [4.78, 5) is 0. The molecule has 4 heteroatoms. The van der Waals surface area contributed by atoms with Crippen LogP contribution in [0, 0.1) is 0 Å². The molecule has 0 aliphatic heterocycles. The largest absolute Gasteiger partial charge is 0.508 e. The molecule has 0 heterocycles. The molecule has 3 nitrogen and oxygen atoms in total. The molecular weight excluding hydrogens is 298 g/mol. The highest BCUT2D eigenvalue weighted by Crippen LogP contribution is 2.19. The Balaban J connectivity index is 1.80. The van der Waals surface area contributed by atoms with Crippen LogP contribution in [0.25, 0.3) is 0 Å². The predicted octanol–water partition coefficient (Wildman–Crippen LogP) is 3.65. The van der Waals surface area contributed by atoms with E-state index in [0.29, 0.717) is 11.6 Å². The number of aliphatic hydroxyl groups is 1. The Morgan fingerprint density at radius 2 is 1.77 bits per heavy atom. The number of aryl methyl sites for hydroxylation is 1. The zero-order valence-corrected chi connectivity index (χ0v) is 13.5. The molecule has 0 radical (unpaired) electrons. The standard InChI is InChI=1S/C18H22ClNO2/c1-13(20-11-15-4-7-17(19)8-5-15)2-3-14-6-9-18(22)16(10-14)12-21/h4-10,13,20-22H,2-3,11-12H2,1H3. The molecule has 118 valence electrons. The molecule has 22 heavy (non-hydrogen) atoms. The minimum atomic E-state index is -0.135. The topological polar surface area (TPSA) is 52.5 Å². The first kappa shape index (κ1) is 16.8. The van der Waals surface area contributed by atoms with Gasteiger partial charge in [0, 0.05) is 23.2 Å². The summed E-state index contributed by atoms with van der Waals surface area (Å²) in [5.41, 5.74) is 2.92. The van der Waals surface area contributed by atoms with Gasteiger partial charge in [0.2, 0.25) is 0 Å². The van der Waals surface area contributed by atoms with Crippen LogP contribution in [-0.4, -0.2) is 16.3 Å². The fourth-order valence-electron chi connectivity index (χ4n) is 2.30. The Labute approximate surface area is 136 Å². The van der Waals surface area contributed by atoms with Gasteiger partial charge in [-0.1, -0.05) is 29.8 Å². The fourth-order valence-corrected chi connectivity index (χ4v) is 2.43. The van der Waals surface area contributed by atoms with Gasteiger partial charge in [-0.25, -0.2) is 0 Å².